The van der Waals surface area contributed by atoms with Crippen molar-refractivity contribution >= 4 is 38.4 Å². The molecule has 8 heteroatoms. The van der Waals surface area contributed by atoms with Gasteiger partial charge in [-0.1, -0.05) is 36.4 Å². The van der Waals surface area contributed by atoms with E-state index in [1.807, 2.05) is 62.4 Å². The van der Waals surface area contributed by atoms with Crippen LogP contribution in [-0.2, 0) is 10.0 Å². The smallest absolute Gasteiger partial charge is 0.263 e. The van der Waals surface area contributed by atoms with Crippen LogP contribution in [0.2, 0.25) is 0 Å². The maximum Gasteiger partial charge on any atom is 0.263 e. The third kappa shape index (κ3) is 4.59. The number of fused-ring (bicyclic) bond motifs is 1. The Kier molecular flexibility index (Phi) is 5.73. The molecule has 0 atom stereocenters. The molecule has 4 rings (SSSR count). The summed E-state index contributed by atoms with van der Waals surface area (Å²) in [6.07, 6.45) is 0. The van der Waals surface area contributed by atoms with Crippen molar-refractivity contribution in [3.05, 3.63) is 78.4 Å². The lowest BCUT2D eigenvalue weighted by molar-refractivity contribution is 0.342. The number of sulfonamides is 1. The third-order valence-electron chi connectivity index (χ3n) is 4.54. The van der Waals surface area contributed by atoms with Crippen LogP contribution in [0.5, 0.6) is 5.75 Å². The highest BCUT2D eigenvalue weighted by Crippen LogP contribution is 2.31. The summed E-state index contributed by atoms with van der Waals surface area (Å²) in [5.74, 6) is 1.01. The minimum absolute atomic E-state index is 0.103. The molecule has 0 aliphatic carbocycles. The molecule has 0 aliphatic rings. The normalized spacial score (nSPS) is 11.3. The lowest BCUT2D eigenvalue weighted by Gasteiger charge is -2.16. The molecule has 0 fully saturated rings. The molecule has 2 N–H and O–H groups in total. The van der Waals surface area contributed by atoms with E-state index in [4.69, 9.17) is 4.74 Å². The van der Waals surface area contributed by atoms with Crippen LogP contribution in [0, 0.1) is 6.92 Å². The van der Waals surface area contributed by atoms with Gasteiger partial charge in [-0.15, -0.1) is 0 Å². The molecule has 0 saturated carbocycles. The Bertz CT molecular complexity index is 1340. The maximum atomic E-state index is 13.0. The summed E-state index contributed by atoms with van der Waals surface area (Å²) in [6.45, 7) is 4.23. The predicted octanol–water partition coefficient (Wildman–Crippen LogP) is 4.88. The summed E-state index contributed by atoms with van der Waals surface area (Å²) < 4.78 is 34.3. The second-order valence-corrected chi connectivity index (χ2v) is 8.57. The van der Waals surface area contributed by atoms with Crippen LogP contribution in [0.3, 0.4) is 0 Å². The van der Waals surface area contributed by atoms with Crippen molar-refractivity contribution in [2.45, 2.75) is 18.7 Å². The summed E-state index contributed by atoms with van der Waals surface area (Å²) >= 11 is 0. The summed E-state index contributed by atoms with van der Waals surface area (Å²) in [5, 5.41) is 3.18. The molecule has 0 radical (unpaired) electrons. The standard InChI is InChI=1S/C23H22N4O3S/c1-3-30-21-14-7-6-13-20(21)26-22-23(25-19-12-5-4-11-18(19)24-22)27-31(28,29)17-10-8-9-16(2)15-17/h4-15H,3H2,1-2H3,(H,24,26)(H,25,27). The van der Waals surface area contributed by atoms with E-state index in [0.717, 1.165) is 5.56 Å². The fraction of sp³-hybridized carbons (Fsp3) is 0.130. The Morgan fingerprint density at radius 2 is 1.55 bits per heavy atom. The van der Waals surface area contributed by atoms with Gasteiger partial charge in [-0.05, 0) is 55.8 Å². The van der Waals surface area contributed by atoms with Crippen LogP contribution in [0.15, 0.2) is 77.7 Å². The molecule has 4 aromatic rings. The van der Waals surface area contributed by atoms with E-state index < -0.39 is 10.0 Å². The fourth-order valence-corrected chi connectivity index (χ4v) is 4.22. The third-order valence-corrected chi connectivity index (χ3v) is 5.88. The van der Waals surface area contributed by atoms with E-state index in [1.54, 1.807) is 24.3 Å². The number of rotatable bonds is 7. The highest BCUT2D eigenvalue weighted by molar-refractivity contribution is 7.92. The van der Waals surface area contributed by atoms with Crippen molar-refractivity contribution < 1.29 is 13.2 Å². The van der Waals surface area contributed by atoms with Gasteiger partial charge < -0.3 is 10.1 Å². The SMILES string of the molecule is CCOc1ccccc1Nc1nc2ccccc2nc1NS(=O)(=O)c1cccc(C)c1. The number of anilines is 3. The lowest BCUT2D eigenvalue weighted by atomic mass is 10.2. The van der Waals surface area contributed by atoms with E-state index in [-0.39, 0.29) is 16.5 Å². The molecular weight excluding hydrogens is 412 g/mol. The lowest BCUT2D eigenvalue weighted by Crippen LogP contribution is -2.16. The molecule has 0 unspecified atom stereocenters. The Balaban J connectivity index is 1.79. The number of hydrogen-bond acceptors (Lipinski definition) is 6. The first kappa shape index (κ1) is 20.6. The zero-order valence-corrected chi connectivity index (χ0v) is 18.0. The molecule has 0 spiro atoms. The highest BCUT2D eigenvalue weighted by atomic mass is 32.2. The largest absolute Gasteiger partial charge is 0.492 e. The molecule has 31 heavy (non-hydrogen) atoms. The fourth-order valence-electron chi connectivity index (χ4n) is 3.11. The number of aryl methyl sites for hydroxylation is 1. The van der Waals surface area contributed by atoms with E-state index in [9.17, 15) is 8.42 Å². The van der Waals surface area contributed by atoms with Crippen molar-refractivity contribution in [2.24, 2.45) is 0 Å². The van der Waals surface area contributed by atoms with E-state index in [2.05, 4.69) is 20.0 Å². The van der Waals surface area contributed by atoms with Crippen LogP contribution in [-0.4, -0.2) is 25.0 Å². The second-order valence-electron chi connectivity index (χ2n) is 6.89. The van der Waals surface area contributed by atoms with Gasteiger partial charge >= 0.3 is 0 Å². The Labute approximate surface area is 181 Å². The number of hydrogen-bond donors (Lipinski definition) is 2. The first-order valence-corrected chi connectivity index (χ1v) is 11.3. The van der Waals surface area contributed by atoms with Crippen molar-refractivity contribution in [2.75, 3.05) is 16.6 Å². The number of nitrogens with zero attached hydrogens (tertiary/aromatic N) is 2. The van der Waals surface area contributed by atoms with Crippen LogP contribution < -0.4 is 14.8 Å². The molecule has 7 nitrogen and oxygen atoms in total. The van der Waals surface area contributed by atoms with Gasteiger partial charge in [0, 0.05) is 0 Å². The maximum absolute atomic E-state index is 13.0. The van der Waals surface area contributed by atoms with Gasteiger partial charge in [-0.2, -0.15) is 0 Å². The number of benzene rings is 3. The topological polar surface area (TPSA) is 93.2 Å². The molecule has 158 valence electrons. The minimum atomic E-state index is -3.86. The van der Waals surface area contributed by atoms with Crippen LogP contribution in [0.25, 0.3) is 11.0 Å². The predicted molar refractivity (Wildman–Crippen MR) is 122 cm³/mol. The molecule has 0 aliphatic heterocycles. The summed E-state index contributed by atoms with van der Waals surface area (Å²) in [7, 11) is -3.86. The molecule has 3 aromatic carbocycles. The highest BCUT2D eigenvalue weighted by Gasteiger charge is 2.19. The van der Waals surface area contributed by atoms with E-state index in [0.29, 0.717) is 29.1 Å². The second kappa shape index (κ2) is 8.61. The quantitative estimate of drug-likeness (QED) is 0.431. The van der Waals surface area contributed by atoms with Gasteiger partial charge in [-0.3, -0.25) is 4.72 Å². The van der Waals surface area contributed by atoms with E-state index in [1.165, 1.54) is 0 Å². The van der Waals surface area contributed by atoms with E-state index >= 15 is 0 Å². The van der Waals surface area contributed by atoms with Crippen molar-refractivity contribution in [1.82, 2.24) is 9.97 Å². The Morgan fingerprint density at radius 3 is 2.26 bits per heavy atom. The van der Waals surface area contributed by atoms with Crippen molar-refractivity contribution in [3.63, 3.8) is 0 Å². The number of nitrogens with one attached hydrogen (secondary N) is 2. The first-order chi connectivity index (χ1) is 15.0. The average Bonchev–Trinajstić information content (AvgIpc) is 2.75. The van der Waals surface area contributed by atoms with Crippen LogP contribution >= 0.6 is 0 Å². The van der Waals surface area contributed by atoms with Gasteiger partial charge in [0.1, 0.15) is 5.75 Å². The molecular formula is C23H22N4O3S. The Morgan fingerprint density at radius 1 is 0.871 bits per heavy atom. The molecule has 0 amide bonds. The monoisotopic (exact) mass is 434 g/mol. The number of aromatic nitrogens is 2. The summed E-state index contributed by atoms with van der Waals surface area (Å²) in [4.78, 5) is 9.29. The van der Waals surface area contributed by atoms with Crippen molar-refractivity contribution in [1.29, 1.82) is 0 Å². The number of ether oxygens (including phenoxy) is 1. The average molecular weight is 435 g/mol. The zero-order valence-electron chi connectivity index (χ0n) is 17.2. The molecule has 1 heterocycles. The van der Waals surface area contributed by atoms with Gasteiger partial charge in [0.2, 0.25) is 0 Å². The molecule has 1 aromatic heterocycles. The van der Waals surface area contributed by atoms with Crippen LogP contribution in [0.1, 0.15) is 12.5 Å². The number of para-hydroxylation sites is 4. The van der Waals surface area contributed by atoms with Gasteiger partial charge in [0.15, 0.2) is 11.6 Å². The van der Waals surface area contributed by atoms with Gasteiger partial charge in [-0.25, -0.2) is 18.4 Å². The Hall–Kier alpha value is -3.65. The zero-order chi connectivity index (χ0) is 21.8. The first-order valence-electron chi connectivity index (χ1n) is 9.81. The van der Waals surface area contributed by atoms with Gasteiger partial charge in [0.05, 0.1) is 28.2 Å². The van der Waals surface area contributed by atoms with Crippen LogP contribution in [0.4, 0.5) is 17.3 Å². The van der Waals surface area contributed by atoms with Gasteiger partial charge in [0.25, 0.3) is 10.0 Å². The minimum Gasteiger partial charge on any atom is -0.492 e. The molecule has 0 saturated heterocycles. The van der Waals surface area contributed by atoms with Crippen molar-refractivity contribution in [3.8, 4) is 5.75 Å². The summed E-state index contributed by atoms with van der Waals surface area (Å²) in [5.41, 5.74) is 2.71. The summed E-state index contributed by atoms with van der Waals surface area (Å²) in [6, 6.07) is 21.4. The molecule has 0 bridgehead atoms.